The topological polar surface area (TPSA) is 6.48 Å². The van der Waals surface area contributed by atoms with E-state index in [1.807, 2.05) is 0 Å². The molecule has 0 N–H and O–H groups in total. The maximum Gasteiger partial charge on any atom is 0.307 e. The smallest absolute Gasteiger partial charge is 0.307 e. The Morgan fingerprint density at radius 1 is 1.12 bits per heavy atom. The molecule has 0 amide bonds. The molecule has 1 heterocycles. The Labute approximate surface area is 51.6 Å². The van der Waals surface area contributed by atoms with Crippen LogP contribution in [0.5, 0.6) is 0 Å². The molecule has 1 rings (SSSR count). The fraction of sp³-hybridized carbons (Fsp3) is 1.00. The molecule has 0 spiro atoms. The Morgan fingerprint density at radius 3 is 1.62 bits per heavy atom. The van der Waals surface area contributed by atoms with Gasteiger partial charge in [0.2, 0.25) is 0 Å². The molecule has 0 radical (unpaired) electrons. The minimum Gasteiger partial charge on any atom is -0.330 e. The van der Waals surface area contributed by atoms with Gasteiger partial charge in [0.25, 0.3) is 0 Å². The van der Waals surface area contributed by atoms with E-state index in [1.165, 1.54) is 13.1 Å². The molecule has 1 fully saturated rings. The maximum absolute atomic E-state index is 2.35. The first-order valence-corrected chi connectivity index (χ1v) is 3.12. The highest BCUT2D eigenvalue weighted by Crippen LogP contribution is 2.03. The van der Waals surface area contributed by atoms with Crippen LogP contribution in [-0.2, 0) is 0 Å². The van der Waals surface area contributed by atoms with Crippen molar-refractivity contribution in [3.05, 3.63) is 0 Å². The Morgan fingerprint density at radius 2 is 1.50 bits per heavy atom. The summed E-state index contributed by atoms with van der Waals surface area (Å²) in [4.78, 5) is 4.69. The van der Waals surface area contributed by atoms with Gasteiger partial charge in [-0.3, -0.25) is 0 Å². The summed E-state index contributed by atoms with van der Waals surface area (Å²) in [5.74, 6) is 0. The lowest BCUT2D eigenvalue weighted by molar-refractivity contribution is 0.553. The van der Waals surface area contributed by atoms with Crippen molar-refractivity contribution in [1.29, 1.82) is 0 Å². The number of likely N-dealkylation sites (N-methyl/N-ethyl adjacent to an activating group) is 2. The van der Waals surface area contributed by atoms with Crippen LogP contribution in [0.2, 0.25) is 6.82 Å². The van der Waals surface area contributed by atoms with E-state index >= 15 is 0 Å². The van der Waals surface area contributed by atoms with E-state index in [0.717, 1.165) is 0 Å². The summed E-state index contributed by atoms with van der Waals surface area (Å²) in [5.41, 5.74) is 0. The van der Waals surface area contributed by atoms with Crippen molar-refractivity contribution in [1.82, 2.24) is 9.62 Å². The highest BCUT2D eigenvalue weighted by atomic mass is 15.3. The molecule has 8 heavy (non-hydrogen) atoms. The van der Waals surface area contributed by atoms with Crippen LogP contribution in [0.15, 0.2) is 0 Å². The third-order valence-corrected chi connectivity index (χ3v) is 2.08. The van der Waals surface area contributed by atoms with Crippen LogP contribution in [-0.4, -0.2) is 43.8 Å². The molecule has 0 saturated carbocycles. The highest BCUT2D eigenvalue weighted by Gasteiger charge is 2.25. The van der Waals surface area contributed by atoms with Crippen molar-refractivity contribution in [2.45, 2.75) is 6.82 Å². The van der Waals surface area contributed by atoms with Crippen molar-refractivity contribution < 1.29 is 0 Å². The van der Waals surface area contributed by atoms with Gasteiger partial charge in [0.05, 0.1) is 0 Å². The van der Waals surface area contributed by atoms with Crippen LogP contribution in [0.3, 0.4) is 0 Å². The van der Waals surface area contributed by atoms with Gasteiger partial charge in [-0.2, -0.15) is 0 Å². The monoisotopic (exact) mass is 112 g/mol. The summed E-state index contributed by atoms with van der Waals surface area (Å²) in [6.07, 6.45) is 0. The molecule has 0 unspecified atom stereocenters. The van der Waals surface area contributed by atoms with E-state index in [9.17, 15) is 0 Å². The molecule has 0 aromatic carbocycles. The van der Waals surface area contributed by atoms with Crippen molar-refractivity contribution in [3.8, 4) is 0 Å². The molecule has 0 aromatic rings. The lowest BCUT2D eigenvalue weighted by atomic mass is 9.79. The minimum absolute atomic E-state index is 0.648. The number of hydrogen-bond acceptors (Lipinski definition) is 2. The second-order valence-electron chi connectivity index (χ2n) is 2.59. The SMILES string of the molecule is CB1N(C)CCN1C. The third-order valence-electron chi connectivity index (χ3n) is 2.08. The van der Waals surface area contributed by atoms with Crippen molar-refractivity contribution in [2.75, 3.05) is 27.2 Å². The molecule has 1 aliphatic heterocycles. The molecular formula is C5H13BN2. The lowest BCUT2D eigenvalue weighted by Gasteiger charge is -2.14. The predicted molar refractivity (Wildman–Crippen MR) is 36.9 cm³/mol. The van der Waals surface area contributed by atoms with E-state index in [2.05, 4.69) is 30.5 Å². The molecule has 0 aromatic heterocycles. The van der Waals surface area contributed by atoms with E-state index in [0.29, 0.717) is 6.98 Å². The van der Waals surface area contributed by atoms with E-state index < -0.39 is 0 Å². The summed E-state index contributed by atoms with van der Waals surface area (Å²) < 4.78 is 0. The molecule has 0 atom stereocenters. The first-order chi connectivity index (χ1) is 3.72. The average Bonchev–Trinajstić information content (AvgIpc) is 1.98. The van der Waals surface area contributed by atoms with Crippen LogP contribution in [0.25, 0.3) is 0 Å². The van der Waals surface area contributed by atoms with Crippen LogP contribution < -0.4 is 0 Å². The van der Waals surface area contributed by atoms with E-state index in [1.54, 1.807) is 0 Å². The zero-order valence-electron chi connectivity index (χ0n) is 5.89. The van der Waals surface area contributed by atoms with Gasteiger partial charge in [-0.1, -0.05) is 6.82 Å². The minimum atomic E-state index is 0.648. The maximum atomic E-state index is 2.35. The molecule has 46 valence electrons. The Balaban J connectivity index is 2.44. The Bertz CT molecular complexity index is 76.5. The second-order valence-corrected chi connectivity index (χ2v) is 2.59. The molecule has 1 aliphatic rings. The standard InChI is InChI=1S/C5H13BN2/c1-6-7(2)4-5-8(6)3/h4-5H2,1-3H3. The number of hydrogen-bond donors (Lipinski definition) is 0. The summed E-state index contributed by atoms with van der Waals surface area (Å²) in [6, 6.07) is 0. The molecule has 1 saturated heterocycles. The van der Waals surface area contributed by atoms with Gasteiger partial charge in [-0.15, -0.1) is 0 Å². The van der Waals surface area contributed by atoms with E-state index in [4.69, 9.17) is 0 Å². The Kier molecular flexibility index (Phi) is 1.58. The predicted octanol–water partition coefficient (Wildman–Crippen LogP) is -0.0184. The Hall–Kier alpha value is -0.0151. The zero-order valence-corrected chi connectivity index (χ0v) is 5.89. The number of rotatable bonds is 0. The molecule has 2 nitrogen and oxygen atoms in total. The fourth-order valence-corrected chi connectivity index (χ4v) is 1.03. The quantitative estimate of drug-likeness (QED) is 0.406. The largest absolute Gasteiger partial charge is 0.330 e. The number of nitrogens with zero attached hydrogens (tertiary/aromatic N) is 2. The van der Waals surface area contributed by atoms with E-state index in [-0.39, 0.29) is 0 Å². The summed E-state index contributed by atoms with van der Waals surface area (Å²) in [7, 11) is 4.32. The van der Waals surface area contributed by atoms with Crippen LogP contribution >= 0.6 is 0 Å². The van der Waals surface area contributed by atoms with Gasteiger partial charge in [0.1, 0.15) is 0 Å². The van der Waals surface area contributed by atoms with Crippen LogP contribution in [0.1, 0.15) is 0 Å². The first kappa shape index (κ1) is 6.11. The summed E-state index contributed by atoms with van der Waals surface area (Å²) >= 11 is 0. The van der Waals surface area contributed by atoms with Crippen molar-refractivity contribution >= 4 is 6.98 Å². The average molecular weight is 112 g/mol. The molecular weight excluding hydrogens is 98.9 g/mol. The normalized spacial score (nSPS) is 25.1. The van der Waals surface area contributed by atoms with Gasteiger partial charge in [0, 0.05) is 13.1 Å². The zero-order chi connectivity index (χ0) is 6.15. The highest BCUT2D eigenvalue weighted by molar-refractivity contribution is 6.51. The van der Waals surface area contributed by atoms with Gasteiger partial charge in [0.15, 0.2) is 0 Å². The summed E-state index contributed by atoms with van der Waals surface area (Å²) in [6.45, 7) is 5.32. The molecule has 0 aliphatic carbocycles. The van der Waals surface area contributed by atoms with Gasteiger partial charge < -0.3 is 9.62 Å². The molecule has 0 bridgehead atoms. The third kappa shape index (κ3) is 0.882. The van der Waals surface area contributed by atoms with Crippen LogP contribution in [0.4, 0.5) is 0 Å². The second kappa shape index (κ2) is 2.07. The van der Waals surface area contributed by atoms with Gasteiger partial charge >= 0.3 is 6.98 Å². The molecule has 3 heteroatoms. The van der Waals surface area contributed by atoms with Crippen LogP contribution in [0, 0.1) is 0 Å². The van der Waals surface area contributed by atoms with Crippen molar-refractivity contribution in [2.24, 2.45) is 0 Å². The van der Waals surface area contributed by atoms with Gasteiger partial charge in [-0.25, -0.2) is 0 Å². The lowest BCUT2D eigenvalue weighted by Crippen LogP contribution is -2.36. The summed E-state index contributed by atoms with van der Waals surface area (Å²) in [5, 5.41) is 0. The fourth-order valence-electron chi connectivity index (χ4n) is 1.03. The van der Waals surface area contributed by atoms with Crippen molar-refractivity contribution in [3.63, 3.8) is 0 Å². The first-order valence-electron chi connectivity index (χ1n) is 3.12. The van der Waals surface area contributed by atoms with Gasteiger partial charge in [-0.05, 0) is 14.1 Å².